The molecule has 1 aromatic rings. The molecule has 1 rings (SSSR count). The molecule has 0 saturated carbocycles. The maximum absolute atomic E-state index is 4.29. The Morgan fingerprint density at radius 2 is 1.87 bits per heavy atom. The number of hydrogen-bond donors (Lipinski definition) is 0. The third-order valence-electron chi connectivity index (χ3n) is 4.73. The highest BCUT2D eigenvalue weighted by atomic mass is 32.2. The van der Waals surface area contributed by atoms with Crippen LogP contribution in [0.4, 0.5) is 0 Å². The van der Waals surface area contributed by atoms with Crippen molar-refractivity contribution < 1.29 is 0 Å². The third-order valence-corrected chi connectivity index (χ3v) is 5.98. The zero-order valence-electron chi connectivity index (χ0n) is 15.7. The molecule has 1 heteroatoms. The molecule has 1 atom stereocenters. The molecule has 0 N–H and O–H groups in total. The summed E-state index contributed by atoms with van der Waals surface area (Å²) in [6.07, 6.45) is 3.42. The number of benzene rings is 1. The molecular weight excluding hydrogens is 296 g/mol. The molecular formula is C22H34S. The lowest BCUT2D eigenvalue weighted by molar-refractivity contribution is 0.468. The van der Waals surface area contributed by atoms with E-state index in [0.717, 1.165) is 18.6 Å². The van der Waals surface area contributed by atoms with Crippen molar-refractivity contribution in [2.45, 2.75) is 53.9 Å². The van der Waals surface area contributed by atoms with Crippen LogP contribution in [-0.4, -0.2) is 11.5 Å². The van der Waals surface area contributed by atoms with Crippen LogP contribution >= 0.6 is 11.8 Å². The van der Waals surface area contributed by atoms with Crippen LogP contribution in [0.5, 0.6) is 0 Å². The fourth-order valence-corrected chi connectivity index (χ4v) is 3.46. The van der Waals surface area contributed by atoms with Crippen LogP contribution in [0, 0.1) is 18.8 Å². The lowest BCUT2D eigenvalue weighted by Crippen LogP contribution is -2.07. The summed E-state index contributed by atoms with van der Waals surface area (Å²) in [5.74, 6) is 3.53. The van der Waals surface area contributed by atoms with E-state index in [9.17, 15) is 0 Å². The van der Waals surface area contributed by atoms with Crippen molar-refractivity contribution in [1.82, 2.24) is 0 Å². The molecule has 0 nitrogen and oxygen atoms in total. The summed E-state index contributed by atoms with van der Waals surface area (Å²) < 4.78 is 0. The van der Waals surface area contributed by atoms with Crippen LogP contribution in [0.3, 0.4) is 0 Å². The number of thioether (sulfide) groups is 1. The topological polar surface area (TPSA) is 0 Å². The second kappa shape index (κ2) is 10.0. The highest BCUT2D eigenvalue weighted by molar-refractivity contribution is 7.99. The molecule has 0 bridgehead atoms. The van der Waals surface area contributed by atoms with Crippen LogP contribution in [0.2, 0.25) is 0 Å². The van der Waals surface area contributed by atoms with E-state index in [1.54, 1.807) is 0 Å². The Labute approximate surface area is 148 Å². The summed E-state index contributed by atoms with van der Waals surface area (Å²) in [6.45, 7) is 19.8. The average molecular weight is 331 g/mol. The van der Waals surface area contributed by atoms with E-state index in [4.69, 9.17) is 0 Å². The minimum Gasteiger partial charge on any atom is -0.157 e. The molecule has 23 heavy (non-hydrogen) atoms. The van der Waals surface area contributed by atoms with E-state index < -0.39 is 0 Å². The molecule has 0 spiro atoms. The smallest absolute Gasteiger partial charge is 0.0184 e. The summed E-state index contributed by atoms with van der Waals surface area (Å²) in [5, 5.41) is 0. The zero-order chi connectivity index (χ0) is 17.4. The molecule has 0 amide bonds. The molecule has 0 aliphatic rings. The van der Waals surface area contributed by atoms with E-state index in [2.05, 4.69) is 66.0 Å². The maximum Gasteiger partial charge on any atom is 0.0184 e. The summed E-state index contributed by atoms with van der Waals surface area (Å²) in [4.78, 5) is 0. The van der Waals surface area contributed by atoms with Crippen molar-refractivity contribution in [3.05, 3.63) is 53.6 Å². The Bertz CT molecular complexity index is 525. The summed E-state index contributed by atoms with van der Waals surface area (Å²) >= 11 is 1.98. The first-order chi connectivity index (χ1) is 10.9. The molecule has 0 radical (unpaired) electrons. The van der Waals surface area contributed by atoms with Gasteiger partial charge in [0.15, 0.2) is 0 Å². The van der Waals surface area contributed by atoms with Gasteiger partial charge in [0.2, 0.25) is 0 Å². The second-order valence-corrected chi connectivity index (χ2v) is 8.09. The van der Waals surface area contributed by atoms with Gasteiger partial charge in [0.1, 0.15) is 0 Å². The first kappa shape index (κ1) is 20.1. The van der Waals surface area contributed by atoms with E-state index in [1.807, 2.05) is 11.8 Å². The van der Waals surface area contributed by atoms with Gasteiger partial charge in [-0.1, -0.05) is 64.6 Å². The van der Waals surface area contributed by atoms with Gasteiger partial charge in [0, 0.05) is 5.75 Å². The van der Waals surface area contributed by atoms with Crippen molar-refractivity contribution >= 4 is 17.3 Å². The summed E-state index contributed by atoms with van der Waals surface area (Å²) in [6, 6.07) is 6.83. The molecule has 0 saturated heterocycles. The highest BCUT2D eigenvalue weighted by Gasteiger charge is 2.11. The number of aryl methyl sites for hydroxylation is 2. The molecule has 1 unspecified atom stereocenters. The number of allylic oxidation sites excluding steroid dienone is 1. The molecule has 128 valence electrons. The molecule has 0 aromatic heterocycles. The first-order valence-electron chi connectivity index (χ1n) is 8.89. The quantitative estimate of drug-likeness (QED) is 0.331. The molecule has 0 fully saturated rings. The van der Waals surface area contributed by atoms with E-state index in [1.165, 1.54) is 40.0 Å². The van der Waals surface area contributed by atoms with Crippen LogP contribution in [-0.2, 0) is 6.42 Å². The Morgan fingerprint density at radius 3 is 2.43 bits per heavy atom. The SMILES string of the molecule is C=C(CSCCC)c1ccc(CCC(=C)C(C)C(C)C)c(C)c1. The van der Waals surface area contributed by atoms with Crippen molar-refractivity contribution in [3.8, 4) is 0 Å². The molecule has 1 aromatic carbocycles. The van der Waals surface area contributed by atoms with Crippen molar-refractivity contribution in [2.24, 2.45) is 11.8 Å². The largest absolute Gasteiger partial charge is 0.157 e. The normalized spacial score (nSPS) is 12.4. The Hall–Kier alpha value is -0.950. The molecule has 0 aliphatic heterocycles. The van der Waals surface area contributed by atoms with Crippen LogP contribution < -0.4 is 0 Å². The van der Waals surface area contributed by atoms with Gasteiger partial charge in [-0.2, -0.15) is 11.8 Å². The number of hydrogen-bond acceptors (Lipinski definition) is 1. The summed E-state index contributed by atoms with van der Waals surface area (Å²) in [5.41, 5.74) is 6.75. The highest BCUT2D eigenvalue weighted by Crippen LogP contribution is 2.25. The van der Waals surface area contributed by atoms with Gasteiger partial charge < -0.3 is 0 Å². The minimum absolute atomic E-state index is 0.602. The summed E-state index contributed by atoms with van der Waals surface area (Å²) in [7, 11) is 0. The Morgan fingerprint density at radius 1 is 1.17 bits per heavy atom. The van der Waals surface area contributed by atoms with Gasteiger partial charge in [-0.3, -0.25) is 0 Å². The first-order valence-corrected chi connectivity index (χ1v) is 10.0. The molecule has 0 aliphatic carbocycles. The van der Waals surface area contributed by atoms with E-state index in [-0.39, 0.29) is 0 Å². The zero-order valence-corrected chi connectivity index (χ0v) is 16.6. The standard InChI is InChI=1S/C22H34S/c1-8-13-23-15-19(6)22-12-11-21(18(5)14-22)10-9-17(4)20(7)16(2)3/h11-12,14,16,20H,4,6,8-10,13,15H2,1-3,5,7H3. The lowest BCUT2D eigenvalue weighted by Gasteiger charge is -2.19. The van der Waals surface area contributed by atoms with Crippen LogP contribution in [0.25, 0.3) is 5.57 Å². The van der Waals surface area contributed by atoms with E-state index in [0.29, 0.717) is 11.8 Å². The fourth-order valence-electron chi connectivity index (χ4n) is 2.61. The predicted molar refractivity (Wildman–Crippen MR) is 109 cm³/mol. The van der Waals surface area contributed by atoms with Crippen LogP contribution in [0.1, 0.15) is 57.2 Å². The van der Waals surface area contributed by atoms with E-state index >= 15 is 0 Å². The van der Waals surface area contributed by atoms with Gasteiger partial charge in [-0.25, -0.2) is 0 Å². The monoisotopic (exact) mass is 330 g/mol. The second-order valence-electron chi connectivity index (χ2n) is 6.99. The van der Waals surface area contributed by atoms with Crippen molar-refractivity contribution in [1.29, 1.82) is 0 Å². The van der Waals surface area contributed by atoms with Gasteiger partial charge in [0.05, 0.1) is 0 Å². The molecule has 0 heterocycles. The van der Waals surface area contributed by atoms with Crippen molar-refractivity contribution in [3.63, 3.8) is 0 Å². The van der Waals surface area contributed by atoms with Crippen molar-refractivity contribution in [2.75, 3.05) is 11.5 Å². The maximum atomic E-state index is 4.29. The average Bonchev–Trinajstić information content (AvgIpc) is 2.52. The predicted octanol–water partition coefficient (Wildman–Crippen LogP) is 6.93. The fraction of sp³-hybridized carbons (Fsp3) is 0.545. The van der Waals surface area contributed by atoms with Gasteiger partial charge in [-0.15, -0.1) is 0 Å². The van der Waals surface area contributed by atoms with Gasteiger partial charge in [0.25, 0.3) is 0 Å². The van der Waals surface area contributed by atoms with Gasteiger partial charge >= 0.3 is 0 Å². The third kappa shape index (κ3) is 6.59. The minimum atomic E-state index is 0.602. The van der Waals surface area contributed by atoms with Crippen LogP contribution in [0.15, 0.2) is 36.9 Å². The number of rotatable bonds is 10. The Balaban J connectivity index is 2.62. The lowest BCUT2D eigenvalue weighted by atomic mass is 9.87. The Kier molecular flexibility index (Phi) is 8.76. The van der Waals surface area contributed by atoms with Gasteiger partial charge in [-0.05, 0) is 66.0 Å².